The molecule has 0 fully saturated rings. The van der Waals surface area contributed by atoms with Gasteiger partial charge in [-0.2, -0.15) is 8.42 Å². The standard InChI is InChI=1S/C2HClO2S/c3-1-2-6(4)5/h1H. The summed E-state index contributed by atoms with van der Waals surface area (Å²) >= 11 is 4.77. The normalized spacial score (nSPS) is 6.17. The zero-order valence-corrected chi connectivity index (χ0v) is 4.25. The minimum Gasteiger partial charge on any atom is -0.175 e. The van der Waals surface area contributed by atoms with Gasteiger partial charge in [0.05, 0.1) is 5.54 Å². The summed E-state index contributed by atoms with van der Waals surface area (Å²) in [5.74, 6) is 0. The maximum atomic E-state index is 9.37. The Kier molecular flexibility index (Phi) is 2.85. The van der Waals surface area contributed by atoms with E-state index in [2.05, 4.69) is 0 Å². The van der Waals surface area contributed by atoms with Gasteiger partial charge in [-0.3, -0.25) is 0 Å². The summed E-state index contributed by atoms with van der Waals surface area (Å²) in [6.45, 7) is 0. The van der Waals surface area contributed by atoms with Gasteiger partial charge in [0.1, 0.15) is 0 Å². The molecule has 0 bridgehead atoms. The molecule has 0 amide bonds. The molecule has 2 nitrogen and oxygen atoms in total. The first kappa shape index (κ1) is 5.76. The minimum atomic E-state index is -2.25. The molecular formula is C2HClO2S. The Morgan fingerprint density at radius 3 is 2.17 bits per heavy atom. The summed E-state index contributed by atoms with van der Waals surface area (Å²) in [7, 11) is -2.25. The van der Waals surface area contributed by atoms with Crippen LogP contribution in [0.4, 0.5) is 0 Å². The highest BCUT2D eigenvalue weighted by Crippen LogP contribution is 1.60. The van der Waals surface area contributed by atoms with E-state index in [-0.39, 0.29) is 0 Å². The van der Waals surface area contributed by atoms with Crippen molar-refractivity contribution in [3.63, 3.8) is 0 Å². The van der Waals surface area contributed by atoms with Crippen molar-refractivity contribution in [2.24, 2.45) is 0 Å². The smallest absolute Gasteiger partial charge is 0.175 e. The molecule has 0 aromatic rings. The van der Waals surface area contributed by atoms with Crippen LogP contribution in [0.5, 0.6) is 0 Å². The van der Waals surface area contributed by atoms with Crippen LogP contribution in [0.1, 0.15) is 0 Å². The van der Waals surface area contributed by atoms with Crippen LogP contribution in [0.25, 0.3) is 0 Å². The molecule has 0 rings (SSSR count). The Labute approximate surface area is 41.6 Å². The van der Waals surface area contributed by atoms with E-state index < -0.39 is 10.3 Å². The van der Waals surface area contributed by atoms with Gasteiger partial charge in [-0.1, -0.05) is 11.6 Å². The first-order valence-electron chi connectivity index (χ1n) is 1.04. The molecular weight excluding hydrogens is 124 g/mol. The minimum absolute atomic E-state index is 0.809. The summed E-state index contributed by atoms with van der Waals surface area (Å²) in [6, 6.07) is 0. The zero-order valence-electron chi connectivity index (χ0n) is 2.68. The molecule has 0 aliphatic rings. The van der Waals surface area contributed by atoms with Crippen molar-refractivity contribution >= 4 is 26.9 Å². The van der Waals surface area contributed by atoms with E-state index in [1.807, 2.05) is 0 Å². The second kappa shape index (κ2) is 2.97. The molecule has 0 spiro atoms. The highest BCUT2D eigenvalue weighted by atomic mass is 35.5. The number of hydrogen-bond acceptors (Lipinski definition) is 2. The summed E-state index contributed by atoms with van der Waals surface area (Å²) in [4.78, 5) is 0. The largest absolute Gasteiger partial charge is 0.261 e. The molecule has 34 valence electrons. The van der Waals surface area contributed by atoms with E-state index in [1.54, 1.807) is 5.02 Å². The summed E-state index contributed by atoms with van der Waals surface area (Å²) in [5.41, 5.74) is 0.809. The van der Waals surface area contributed by atoms with Crippen LogP contribution in [-0.4, -0.2) is 13.4 Å². The van der Waals surface area contributed by atoms with Gasteiger partial charge < -0.3 is 0 Å². The van der Waals surface area contributed by atoms with Crippen molar-refractivity contribution in [3.05, 3.63) is 5.54 Å². The van der Waals surface area contributed by atoms with Crippen molar-refractivity contribution < 1.29 is 8.42 Å². The highest BCUT2D eigenvalue weighted by molar-refractivity contribution is 7.70. The fraction of sp³-hybridized carbons (Fsp3) is 0. The van der Waals surface area contributed by atoms with Gasteiger partial charge >= 0.3 is 0 Å². The van der Waals surface area contributed by atoms with Crippen LogP contribution in [-0.2, 0) is 10.3 Å². The van der Waals surface area contributed by atoms with Crippen LogP contribution in [0, 0.1) is 0 Å². The maximum Gasteiger partial charge on any atom is 0.261 e. The average molecular weight is 125 g/mol. The Balaban J connectivity index is 4.66. The molecule has 0 unspecified atom stereocenters. The fourth-order valence-corrected chi connectivity index (χ4v) is 0.327. The quantitative estimate of drug-likeness (QED) is 0.427. The van der Waals surface area contributed by atoms with Crippen LogP contribution in [0.2, 0.25) is 0 Å². The predicted octanol–water partition coefficient (Wildman–Crippen LogP) is 0.0191. The van der Waals surface area contributed by atoms with Crippen LogP contribution in [0.3, 0.4) is 0 Å². The number of halogens is 1. The van der Waals surface area contributed by atoms with E-state index >= 15 is 0 Å². The number of hydrogen-bond donors (Lipinski definition) is 0. The SMILES string of the molecule is O=S(=O)=C=CCl. The molecule has 4 heteroatoms. The van der Waals surface area contributed by atoms with Gasteiger partial charge in [-0.05, 0) is 0 Å². The van der Waals surface area contributed by atoms with Gasteiger partial charge in [0.25, 0.3) is 10.3 Å². The van der Waals surface area contributed by atoms with Crippen LogP contribution >= 0.6 is 11.6 Å². The predicted molar refractivity (Wildman–Crippen MR) is 24.3 cm³/mol. The van der Waals surface area contributed by atoms with Crippen molar-refractivity contribution in [3.8, 4) is 0 Å². The Hall–Kier alpha value is -0.240. The summed E-state index contributed by atoms with van der Waals surface area (Å²) in [6.07, 6.45) is 0. The maximum absolute atomic E-state index is 9.37. The van der Waals surface area contributed by atoms with Crippen LogP contribution < -0.4 is 0 Å². The zero-order chi connectivity index (χ0) is 4.99. The molecule has 0 radical (unpaired) electrons. The van der Waals surface area contributed by atoms with Gasteiger partial charge in [0, 0.05) is 5.02 Å². The van der Waals surface area contributed by atoms with Gasteiger partial charge in [0.2, 0.25) is 0 Å². The third kappa shape index (κ3) is 3.76. The molecule has 0 aromatic carbocycles. The second-order valence-electron chi connectivity index (χ2n) is 0.462. The van der Waals surface area contributed by atoms with Crippen molar-refractivity contribution in [2.75, 3.05) is 0 Å². The van der Waals surface area contributed by atoms with E-state index in [1.165, 1.54) is 0 Å². The second-order valence-corrected chi connectivity index (χ2v) is 1.39. The lowest BCUT2D eigenvalue weighted by Crippen LogP contribution is -1.49. The van der Waals surface area contributed by atoms with Gasteiger partial charge in [0.15, 0.2) is 0 Å². The lowest BCUT2D eigenvalue weighted by atomic mass is 11.3. The van der Waals surface area contributed by atoms with Gasteiger partial charge in [-0.25, -0.2) is 0 Å². The third-order valence-corrected chi connectivity index (χ3v) is 0.690. The highest BCUT2D eigenvalue weighted by Gasteiger charge is 1.48. The Morgan fingerprint density at radius 2 is 2.17 bits per heavy atom. The topological polar surface area (TPSA) is 34.1 Å². The molecule has 0 aromatic heterocycles. The Morgan fingerprint density at radius 1 is 1.67 bits per heavy atom. The van der Waals surface area contributed by atoms with E-state index in [9.17, 15) is 8.42 Å². The average Bonchev–Trinajstić information content (AvgIpc) is 1.35. The molecule has 0 N–H and O–H groups in total. The molecule has 0 saturated carbocycles. The van der Waals surface area contributed by atoms with Gasteiger partial charge in [-0.15, -0.1) is 0 Å². The lowest BCUT2D eigenvalue weighted by molar-refractivity contribution is 0.627. The molecule has 0 saturated heterocycles. The van der Waals surface area contributed by atoms with Crippen molar-refractivity contribution in [1.29, 1.82) is 0 Å². The first-order chi connectivity index (χ1) is 2.77. The lowest BCUT2D eigenvalue weighted by Gasteiger charge is -1.37. The van der Waals surface area contributed by atoms with E-state index in [4.69, 9.17) is 11.6 Å². The monoisotopic (exact) mass is 124 g/mol. The fourth-order valence-electron chi connectivity index (χ4n) is 0.0364. The molecule has 0 aliphatic carbocycles. The molecule has 0 heterocycles. The van der Waals surface area contributed by atoms with Crippen molar-refractivity contribution in [1.82, 2.24) is 0 Å². The molecule has 0 atom stereocenters. The van der Waals surface area contributed by atoms with Crippen molar-refractivity contribution in [2.45, 2.75) is 0 Å². The molecule has 6 heavy (non-hydrogen) atoms. The Bertz CT molecular complexity index is 164. The van der Waals surface area contributed by atoms with Crippen LogP contribution in [0.15, 0.2) is 5.54 Å². The number of rotatable bonds is 0. The summed E-state index contributed by atoms with van der Waals surface area (Å²) < 4.78 is 18.7. The molecule has 0 aliphatic heterocycles. The summed E-state index contributed by atoms with van der Waals surface area (Å²) in [5, 5.41) is 1.77. The van der Waals surface area contributed by atoms with E-state index in [0.717, 1.165) is 5.54 Å². The van der Waals surface area contributed by atoms with E-state index in [0.29, 0.717) is 0 Å². The third-order valence-electron chi connectivity index (χ3n) is 0.141. The first-order valence-corrected chi connectivity index (χ1v) is 2.56.